The van der Waals surface area contributed by atoms with Crippen LogP contribution in [0.15, 0.2) is 53.7 Å². The van der Waals surface area contributed by atoms with Crippen LogP contribution in [0.25, 0.3) is 0 Å². The third-order valence-electron chi connectivity index (χ3n) is 3.41. The van der Waals surface area contributed by atoms with Crippen molar-refractivity contribution in [3.8, 4) is 5.75 Å². The highest BCUT2D eigenvalue weighted by molar-refractivity contribution is 7.89. The molecule has 0 aliphatic rings. The number of esters is 1. The standard InChI is InChI=1S/C17H20N2O5S/c1-3-24-17(20)11-16(13-6-5-9-18-12-13)19-25(21,22)15-8-4-7-14(10-15)23-2/h4-10,12,16,19H,3,11H2,1-2H3. The fraction of sp³-hybridized carbons (Fsp3) is 0.294. The van der Waals surface area contributed by atoms with Gasteiger partial charge in [-0.2, -0.15) is 0 Å². The maximum Gasteiger partial charge on any atom is 0.307 e. The zero-order valence-electron chi connectivity index (χ0n) is 14.0. The molecule has 1 atom stereocenters. The normalized spacial score (nSPS) is 12.4. The highest BCUT2D eigenvalue weighted by Gasteiger charge is 2.24. The Labute approximate surface area is 147 Å². The molecule has 1 unspecified atom stereocenters. The van der Waals surface area contributed by atoms with Gasteiger partial charge in [-0.05, 0) is 30.7 Å². The Balaban J connectivity index is 2.29. The Morgan fingerprint density at radius 1 is 1.28 bits per heavy atom. The molecular formula is C17H20N2O5S. The molecule has 0 aliphatic heterocycles. The molecule has 0 bridgehead atoms. The maximum atomic E-state index is 12.7. The van der Waals surface area contributed by atoms with Crippen molar-refractivity contribution in [1.82, 2.24) is 9.71 Å². The summed E-state index contributed by atoms with van der Waals surface area (Å²) in [4.78, 5) is 15.9. The van der Waals surface area contributed by atoms with E-state index in [1.54, 1.807) is 37.4 Å². The predicted octanol–water partition coefficient (Wildman–Crippen LogP) is 2.06. The first-order valence-corrected chi connectivity index (χ1v) is 9.16. The molecule has 0 aliphatic carbocycles. The molecule has 1 N–H and O–H groups in total. The molecule has 0 amide bonds. The number of pyridine rings is 1. The lowest BCUT2D eigenvalue weighted by Crippen LogP contribution is -2.30. The summed E-state index contributed by atoms with van der Waals surface area (Å²) in [6.45, 7) is 1.92. The lowest BCUT2D eigenvalue weighted by Gasteiger charge is -2.18. The molecule has 0 saturated heterocycles. The minimum Gasteiger partial charge on any atom is -0.497 e. The summed E-state index contributed by atoms with van der Waals surface area (Å²) in [5.74, 6) is -0.0732. The molecule has 1 heterocycles. The van der Waals surface area contributed by atoms with Crippen LogP contribution in [-0.2, 0) is 19.6 Å². The first-order valence-electron chi connectivity index (χ1n) is 7.68. The summed E-state index contributed by atoms with van der Waals surface area (Å²) >= 11 is 0. The molecule has 0 fully saturated rings. The number of carbonyl (C=O) groups is 1. The highest BCUT2D eigenvalue weighted by Crippen LogP contribution is 2.22. The van der Waals surface area contributed by atoms with Gasteiger partial charge in [0.05, 0.1) is 31.1 Å². The van der Waals surface area contributed by atoms with E-state index in [1.807, 2.05) is 0 Å². The van der Waals surface area contributed by atoms with Gasteiger partial charge in [0.15, 0.2) is 0 Å². The number of nitrogens with zero attached hydrogens (tertiary/aromatic N) is 1. The molecule has 2 rings (SSSR count). The molecule has 134 valence electrons. The summed E-state index contributed by atoms with van der Waals surface area (Å²) in [5.41, 5.74) is 0.571. The minimum atomic E-state index is -3.87. The van der Waals surface area contributed by atoms with Crippen molar-refractivity contribution < 1.29 is 22.7 Å². The SMILES string of the molecule is CCOC(=O)CC(NS(=O)(=O)c1cccc(OC)c1)c1cccnc1. The van der Waals surface area contributed by atoms with Crippen LogP contribution in [0.3, 0.4) is 0 Å². The molecule has 1 aromatic heterocycles. The van der Waals surface area contributed by atoms with E-state index < -0.39 is 22.0 Å². The Bertz CT molecular complexity index is 809. The van der Waals surface area contributed by atoms with Gasteiger partial charge in [0.25, 0.3) is 0 Å². The second-order valence-corrected chi connectivity index (χ2v) is 6.86. The number of nitrogens with one attached hydrogen (secondary N) is 1. The smallest absolute Gasteiger partial charge is 0.307 e. The average Bonchev–Trinajstić information content (AvgIpc) is 2.62. The number of aromatic nitrogens is 1. The number of hydrogen-bond acceptors (Lipinski definition) is 6. The molecule has 0 radical (unpaired) electrons. The van der Waals surface area contributed by atoms with Crippen molar-refractivity contribution >= 4 is 16.0 Å². The van der Waals surface area contributed by atoms with E-state index in [1.165, 1.54) is 25.4 Å². The van der Waals surface area contributed by atoms with Crippen LogP contribution in [0, 0.1) is 0 Å². The minimum absolute atomic E-state index is 0.0459. The number of sulfonamides is 1. The van der Waals surface area contributed by atoms with Crippen LogP contribution in [0.5, 0.6) is 5.75 Å². The summed E-state index contributed by atoms with van der Waals surface area (Å²) < 4.78 is 37.9. The summed E-state index contributed by atoms with van der Waals surface area (Å²) in [6, 6.07) is 8.68. The van der Waals surface area contributed by atoms with Gasteiger partial charge in [0, 0.05) is 18.5 Å². The molecule has 0 spiro atoms. The highest BCUT2D eigenvalue weighted by atomic mass is 32.2. The quantitative estimate of drug-likeness (QED) is 0.721. The van der Waals surface area contributed by atoms with Crippen LogP contribution in [-0.4, -0.2) is 33.1 Å². The van der Waals surface area contributed by atoms with Gasteiger partial charge in [-0.1, -0.05) is 12.1 Å². The fourth-order valence-electron chi connectivity index (χ4n) is 2.22. The monoisotopic (exact) mass is 364 g/mol. The number of carbonyl (C=O) groups excluding carboxylic acids is 1. The van der Waals surface area contributed by atoms with Gasteiger partial charge in [-0.3, -0.25) is 9.78 Å². The lowest BCUT2D eigenvalue weighted by molar-refractivity contribution is -0.143. The van der Waals surface area contributed by atoms with E-state index in [0.717, 1.165) is 0 Å². The van der Waals surface area contributed by atoms with Crippen molar-refractivity contribution in [2.75, 3.05) is 13.7 Å². The van der Waals surface area contributed by atoms with E-state index >= 15 is 0 Å². The Hall–Kier alpha value is -2.45. The van der Waals surface area contributed by atoms with Crippen LogP contribution in [0.2, 0.25) is 0 Å². The molecule has 7 nitrogen and oxygen atoms in total. The third-order valence-corrected chi connectivity index (χ3v) is 4.88. The maximum absolute atomic E-state index is 12.7. The van der Waals surface area contributed by atoms with Gasteiger partial charge >= 0.3 is 5.97 Å². The molecular weight excluding hydrogens is 344 g/mol. The van der Waals surface area contributed by atoms with Gasteiger partial charge < -0.3 is 9.47 Å². The van der Waals surface area contributed by atoms with E-state index in [-0.39, 0.29) is 17.9 Å². The number of benzene rings is 1. The zero-order chi connectivity index (χ0) is 18.3. The molecule has 25 heavy (non-hydrogen) atoms. The van der Waals surface area contributed by atoms with Crippen molar-refractivity contribution in [1.29, 1.82) is 0 Å². The number of rotatable bonds is 8. The predicted molar refractivity (Wildman–Crippen MR) is 91.5 cm³/mol. The van der Waals surface area contributed by atoms with Crippen molar-refractivity contribution in [3.05, 3.63) is 54.4 Å². The number of hydrogen-bond donors (Lipinski definition) is 1. The molecule has 1 aromatic carbocycles. The molecule has 2 aromatic rings. The van der Waals surface area contributed by atoms with E-state index in [9.17, 15) is 13.2 Å². The van der Waals surface area contributed by atoms with Gasteiger partial charge in [-0.25, -0.2) is 13.1 Å². The van der Waals surface area contributed by atoms with Crippen molar-refractivity contribution in [3.63, 3.8) is 0 Å². The summed E-state index contributed by atoms with van der Waals surface area (Å²) in [5, 5.41) is 0. The topological polar surface area (TPSA) is 94.6 Å². The Kier molecular flexibility index (Phi) is 6.49. The number of methoxy groups -OCH3 is 1. The van der Waals surface area contributed by atoms with Crippen LogP contribution in [0.1, 0.15) is 24.9 Å². The Morgan fingerprint density at radius 3 is 2.72 bits per heavy atom. The summed E-state index contributed by atoms with van der Waals surface area (Å²) in [6.07, 6.45) is 2.95. The van der Waals surface area contributed by atoms with Gasteiger partial charge in [-0.15, -0.1) is 0 Å². The van der Waals surface area contributed by atoms with Crippen LogP contribution < -0.4 is 9.46 Å². The van der Waals surface area contributed by atoms with Crippen LogP contribution >= 0.6 is 0 Å². The van der Waals surface area contributed by atoms with E-state index in [4.69, 9.17) is 9.47 Å². The first kappa shape index (κ1) is 18.9. The van der Waals surface area contributed by atoms with Gasteiger partial charge in [0.1, 0.15) is 5.75 Å². The van der Waals surface area contributed by atoms with Gasteiger partial charge in [0.2, 0.25) is 10.0 Å². The number of ether oxygens (including phenoxy) is 2. The zero-order valence-corrected chi connectivity index (χ0v) is 14.8. The fourth-order valence-corrected chi connectivity index (χ4v) is 3.48. The second-order valence-electron chi connectivity index (χ2n) is 5.15. The largest absolute Gasteiger partial charge is 0.497 e. The van der Waals surface area contributed by atoms with Crippen molar-refractivity contribution in [2.24, 2.45) is 0 Å². The van der Waals surface area contributed by atoms with Crippen molar-refractivity contribution in [2.45, 2.75) is 24.3 Å². The third kappa shape index (κ3) is 5.27. The second kappa shape index (κ2) is 8.59. The van der Waals surface area contributed by atoms with E-state index in [0.29, 0.717) is 11.3 Å². The first-order chi connectivity index (χ1) is 12.0. The Morgan fingerprint density at radius 2 is 2.08 bits per heavy atom. The molecule has 8 heteroatoms. The van der Waals surface area contributed by atoms with E-state index in [2.05, 4.69) is 9.71 Å². The lowest BCUT2D eigenvalue weighted by atomic mass is 10.1. The molecule has 0 saturated carbocycles. The average molecular weight is 364 g/mol. The van der Waals surface area contributed by atoms with Crippen LogP contribution in [0.4, 0.5) is 0 Å². The summed E-state index contributed by atoms with van der Waals surface area (Å²) in [7, 11) is -2.41.